The molecule has 1 saturated carbocycles. The minimum absolute atomic E-state index is 0.00584. The van der Waals surface area contributed by atoms with Gasteiger partial charge in [0, 0.05) is 24.6 Å². The molecule has 31 heavy (non-hydrogen) atoms. The van der Waals surface area contributed by atoms with Gasteiger partial charge in [-0.15, -0.1) is 0 Å². The third kappa shape index (κ3) is 4.23. The molecule has 2 bridgehead atoms. The predicted octanol–water partition coefficient (Wildman–Crippen LogP) is 3.78. The van der Waals surface area contributed by atoms with Gasteiger partial charge < -0.3 is 10.1 Å². The Morgan fingerprint density at radius 2 is 1.97 bits per heavy atom. The monoisotopic (exact) mass is 428 g/mol. The second kappa shape index (κ2) is 8.81. The maximum Gasteiger partial charge on any atom is 0.338 e. The highest BCUT2D eigenvalue weighted by Crippen LogP contribution is 2.60. The SMILES string of the molecule is CCCCOC(=O)c1cccc(NC(=O)CCN2C(=O)C3CCC(C)(C2=O)C3(C)C)c1. The van der Waals surface area contributed by atoms with Crippen molar-refractivity contribution in [2.75, 3.05) is 18.5 Å². The number of hydrogen-bond acceptors (Lipinski definition) is 5. The second-order valence-electron chi connectivity index (χ2n) is 9.31. The smallest absolute Gasteiger partial charge is 0.338 e. The van der Waals surface area contributed by atoms with Crippen molar-refractivity contribution in [1.29, 1.82) is 0 Å². The number of nitrogens with one attached hydrogen (secondary N) is 1. The van der Waals surface area contributed by atoms with Crippen molar-refractivity contribution in [3.8, 4) is 0 Å². The third-order valence-electron chi connectivity index (χ3n) is 7.18. The van der Waals surface area contributed by atoms with Crippen molar-refractivity contribution in [2.24, 2.45) is 16.7 Å². The van der Waals surface area contributed by atoms with E-state index in [0.717, 1.165) is 12.8 Å². The molecule has 2 unspecified atom stereocenters. The number of piperidine rings is 1. The van der Waals surface area contributed by atoms with Crippen molar-refractivity contribution >= 4 is 29.4 Å². The molecule has 1 heterocycles. The molecule has 0 radical (unpaired) electrons. The lowest BCUT2D eigenvalue weighted by molar-refractivity contribution is -0.167. The van der Waals surface area contributed by atoms with E-state index in [1.165, 1.54) is 4.90 Å². The van der Waals surface area contributed by atoms with E-state index >= 15 is 0 Å². The first-order valence-electron chi connectivity index (χ1n) is 11.0. The molecule has 2 aliphatic rings. The van der Waals surface area contributed by atoms with Crippen molar-refractivity contribution < 1.29 is 23.9 Å². The average molecular weight is 429 g/mol. The number of amides is 3. The third-order valence-corrected chi connectivity index (χ3v) is 7.18. The lowest BCUT2D eigenvalue weighted by atomic mass is 9.62. The summed E-state index contributed by atoms with van der Waals surface area (Å²) in [5.41, 5.74) is -0.109. The van der Waals surface area contributed by atoms with Gasteiger partial charge >= 0.3 is 5.97 Å². The summed E-state index contributed by atoms with van der Waals surface area (Å²) in [6.45, 7) is 8.35. The van der Waals surface area contributed by atoms with E-state index in [1.807, 2.05) is 27.7 Å². The summed E-state index contributed by atoms with van der Waals surface area (Å²) in [5.74, 6) is -1.29. The van der Waals surface area contributed by atoms with Gasteiger partial charge in [0.2, 0.25) is 17.7 Å². The van der Waals surface area contributed by atoms with Gasteiger partial charge in [-0.3, -0.25) is 19.3 Å². The Balaban J connectivity index is 1.59. The van der Waals surface area contributed by atoms with E-state index in [1.54, 1.807) is 24.3 Å². The lowest BCUT2D eigenvalue weighted by Crippen LogP contribution is -2.59. The fourth-order valence-corrected chi connectivity index (χ4v) is 4.67. The fraction of sp³-hybridized carbons (Fsp3) is 0.583. The van der Waals surface area contributed by atoms with Crippen LogP contribution in [0.5, 0.6) is 0 Å². The Morgan fingerprint density at radius 3 is 2.68 bits per heavy atom. The first-order valence-corrected chi connectivity index (χ1v) is 11.0. The molecule has 3 amide bonds. The zero-order chi connectivity index (χ0) is 22.8. The van der Waals surface area contributed by atoms with Crippen LogP contribution in [0.1, 0.15) is 70.2 Å². The van der Waals surface area contributed by atoms with Gasteiger partial charge in [0.25, 0.3) is 0 Å². The highest BCUT2D eigenvalue weighted by atomic mass is 16.5. The Bertz CT molecular complexity index is 894. The molecule has 0 aromatic heterocycles. The molecule has 2 fully saturated rings. The van der Waals surface area contributed by atoms with Gasteiger partial charge in [0.05, 0.1) is 17.6 Å². The highest BCUT2D eigenvalue weighted by molar-refractivity contribution is 6.04. The van der Waals surface area contributed by atoms with Gasteiger partial charge in [-0.25, -0.2) is 4.79 Å². The molecule has 7 nitrogen and oxygen atoms in total. The van der Waals surface area contributed by atoms with Crippen molar-refractivity contribution in [3.05, 3.63) is 29.8 Å². The summed E-state index contributed by atoms with van der Waals surface area (Å²) in [4.78, 5) is 51.8. The number of carbonyl (C=O) groups is 4. The number of fused-ring (bicyclic) bond motifs is 2. The normalized spacial score (nSPS) is 24.3. The van der Waals surface area contributed by atoms with E-state index < -0.39 is 11.4 Å². The molecule has 2 atom stereocenters. The van der Waals surface area contributed by atoms with E-state index in [-0.39, 0.29) is 42.0 Å². The molecular weight excluding hydrogens is 396 g/mol. The Labute approximate surface area is 183 Å². The molecule has 1 aromatic carbocycles. The predicted molar refractivity (Wildman–Crippen MR) is 116 cm³/mol. The van der Waals surface area contributed by atoms with Gasteiger partial charge in [0.1, 0.15) is 0 Å². The molecule has 3 rings (SSSR count). The van der Waals surface area contributed by atoms with Gasteiger partial charge in [-0.2, -0.15) is 0 Å². The number of imide groups is 1. The molecule has 1 aromatic rings. The lowest BCUT2D eigenvalue weighted by Gasteiger charge is -2.47. The van der Waals surface area contributed by atoms with Crippen molar-refractivity contribution in [1.82, 2.24) is 4.90 Å². The number of anilines is 1. The molecule has 0 spiro atoms. The second-order valence-corrected chi connectivity index (χ2v) is 9.31. The van der Waals surface area contributed by atoms with E-state index in [9.17, 15) is 19.2 Å². The molecule has 1 saturated heterocycles. The van der Waals surface area contributed by atoms with Crippen LogP contribution in [-0.4, -0.2) is 41.7 Å². The molecule has 7 heteroatoms. The van der Waals surface area contributed by atoms with Crippen LogP contribution in [0.25, 0.3) is 0 Å². The van der Waals surface area contributed by atoms with Crippen LogP contribution in [0.2, 0.25) is 0 Å². The number of esters is 1. The summed E-state index contributed by atoms with van der Waals surface area (Å²) >= 11 is 0. The first kappa shape index (κ1) is 23.0. The summed E-state index contributed by atoms with van der Waals surface area (Å²) in [5, 5.41) is 2.74. The molecule has 1 N–H and O–H groups in total. The number of benzene rings is 1. The minimum Gasteiger partial charge on any atom is -0.462 e. The van der Waals surface area contributed by atoms with E-state index in [4.69, 9.17) is 4.74 Å². The number of unbranched alkanes of at least 4 members (excludes halogenated alkanes) is 1. The van der Waals surface area contributed by atoms with E-state index in [0.29, 0.717) is 30.7 Å². The number of likely N-dealkylation sites (tertiary alicyclic amines) is 1. The van der Waals surface area contributed by atoms with Gasteiger partial charge in [0.15, 0.2) is 0 Å². The number of rotatable bonds is 8. The van der Waals surface area contributed by atoms with Crippen LogP contribution in [0.3, 0.4) is 0 Å². The highest BCUT2D eigenvalue weighted by Gasteiger charge is 2.64. The number of carbonyl (C=O) groups excluding carboxylic acids is 4. The summed E-state index contributed by atoms with van der Waals surface area (Å²) in [6.07, 6.45) is 3.14. The first-order chi connectivity index (χ1) is 14.6. The summed E-state index contributed by atoms with van der Waals surface area (Å²) in [7, 11) is 0. The average Bonchev–Trinajstić information content (AvgIpc) is 2.91. The minimum atomic E-state index is -0.575. The van der Waals surface area contributed by atoms with Crippen LogP contribution < -0.4 is 5.32 Å². The van der Waals surface area contributed by atoms with Gasteiger partial charge in [-0.05, 0) is 42.9 Å². The quantitative estimate of drug-likeness (QED) is 0.386. The zero-order valence-electron chi connectivity index (χ0n) is 18.8. The van der Waals surface area contributed by atoms with E-state index in [2.05, 4.69) is 5.32 Å². The van der Waals surface area contributed by atoms with Crippen LogP contribution in [-0.2, 0) is 19.1 Å². The van der Waals surface area contributed by atoms with Crippen LogP contribution in [0.4, 0.5) is 5.69 Å². The molecule has 1 aliphatic heterocycles. The molecular formula is C24H32N2O5. The number of nitrogens with zero attached hydrogens (tertiary/aromatic N) is 1. The Hall–Kier alpha value is -2.70. The maximum atomic E-state index is 13.1. The van der Waals surface area contributed by atoms with Crippen LogP contribution in [0.15, 0.2) is 24.3 Å². The summed E-state index contributed by atoms with van der Waals surface area (Å²) < 4.78 is 5.20. The fourth-order valence-electron chi connectivity index (χ4n) is 4.67. The Morgan fingerprint density at radius 1 is 1.23 bits per heavy atom. The largest absolute Gasteiger partial charge is 0.462 e. The van der Waals surface area contributed by atoms with Crippen LogP contribution >= 0.6 is 0 Å². The molecule has 1 aliphatic carbocycles. The van der Waals surface area contributed by atoms with Crippen LogP contribution in [0, 0.1) is 16.7 Å². The number of hydrogen-bond donors (Lipinski definition) is 1. The topological polar surface area (TPSA) is 92.8 Å². The Kier molecular flexibility index (Phi) is 6.53. The van der Waals surface area contributed by atoms with Crippen molar-refractivity contribution in [3.63, 3.8) is 0 Å². The number of ether oxygens (including phenoxy) is 1. The molecule has 168 valence electrons. The van der Waals surface area contributed by atoms with Crippen molar-refractivity contribution in [2.45, 2.75) is 59.8 Å². The van der Waals surface area contributed by atoms with Gasteiger partial charge in [-0.1, -0.05) is 40.2 Å². The standard InChI is InChI=1S/C24H32N2O5/c1-5-6-14-31-21(29)16-8-7-9-17(15-16)25-19(27)11-13-26-20(28)18-10-12-24(4,22(26)30)23(18,2)3/h7-9,15,18H,5-6,10-14H2,1-4H3,(H,25,27). The zero-order valence-corrected chi connectivity index (χ0v) is 18.8. The maximum absolute atomic E-state index is 13.1. The summed E-state index contributed by atoms with van der Waals surface area (Å²) in [6, 6.07) is 6.55.